The summed E-state index contributed by atoms with van der Waals surface area (Å²) in [5.74, 6) is 3.14. The maximum atomic E-state index is 5.54. The highest BCUT2D eigenvalue weighted by Crippen LogP contribution is 2.37. The van der Waals surface area contributed by atoms with E-state index < -0.39 is 0 Å². The molecule has 0 saturated carbocycles. The number of methoxy groups -OCH3 is 4. The molecule has 6 heteroatoms. The second kappa shape index (κ2) is 8.49. The van der Waals surface area contributed by atoms with Crippen LogP contribution in [0.25, 0.3) is 6.08 Å². The van der Waals surface area contributed by atoms with Gasteiger partial charge in [-0.3, -0.25) is 5.01 Å². The third kappa shape index (κ3) is 4.00. The van der Waals surface area contributed by atoms with Crippen molar-refractivity contribution in [3.8, 4) is 23.0 Å². The number of hydrogen-bond donors (Lipinski definition) is 0. The summed E-state index contributed by atoms with van der Waals surface area (Å²) in [6.45, 7) is 0. The number of nitrogens with zero attached hydrogens (tertiary/aromatic N) is 2. The van der Waals surface area contributed by atoms with Gasteiger partial charge in [0.15, 0.2) is 0 Å². The summed E-state index contributed by atoms with van der Waals surface area (Å²) in [7, 11) is 6.62. The summed E-state index contributed by atoms with van der Waals surface area (Å²) in [6, 6.07) is 11.5. The second-order valence-corrected chi connectivity index (χ2v) is 5.96. The normalized spacial score (nSPS) is 16.0. The first kappa shape index (κ1) is 18.6. The Morgan fingerprint density at radius 2 is 1.56 bits per heavy atom. The third-order valence-electron chi connectivity index (χ3n) is 4.50. The fraction of sp³-hybridized carbons (Fsp3) is 0.286. The molecule has 2 aromatic rings. The van der Waals surface area contributed by atoms with Crippen LogP contribution in [-0.4, -0.2) is 39.7 Å². The van der Waals surface area contributed by atoms with E-state index in [1.807, 2.05) is 59.9 Å². The molecule has 142 valence electrons. The zero-order valence-corrected chi connectivity index (χ0v) is 16.0. The lowest BCUT2D eigenvalue weighted by Gasteiger charge is -2.23. The molecule has 0 saturated heterocycles. The molecule has 1 unspecified atom stereocenters. The van der Waals surface area contributed by atoms with Gasteiger partial charge >= 0.3 is 0 Å². The highest BCUT2D eigenvalue weighted by Gasteiger charge is 2.25. The van der Waals surface area contributed by atoms with E-state index >= 15 is 0 Å². The fourth-order valence-electron chi connectivity index (χ4n) is 3.07. The number of rotatable bonds is 7. The first-order valence-corrected chi connectivity index (χ1v) is 8.63. The highest BCUT2D eigenvalue weighted by molar-refractivity contribution is 5.64. The molecule has 2 aromatic carbocycles. The number of ether oxygens (including phenoxy) is 4. The first-order valence-electron chi connectivity index (χ1n) is 8.63. The molecule has 0 fully saturated rings. The summed E-state index contributed by atoms with van der Waals surface area (Å²) in [5, 5.41) is 6.40. The maximum Gasteiger partial charge on any atom is 0.126 e. The fourth-order valence-corrected chi connectivity index (χ4v) is 3.07. The van der Waals surface area contributed by atoms with E-state index in [1.54, 1.807) is 28.4 Å². The van der Waals surface area contributed by atoms with Gasteiger partial charge in [0.1, 0.15) is 23.0 Å². The van der Waals surface area contributed by atoms with Crippen molar-refractivity contribution in [2.75, 3.05) is 28.4 Å². The summed E-state index contributed by atoms with van der Waals surface area (Å²) >= 11 is 0. The molecule has 6 nitrogen and oxygen atoms in total. The molecule has 0 amide bonds. The first-order chi connectivity index (χ1) is 13.2. The largest absolute Gasteiger partial charge is 0.497 e. The Bertz CT molecular complexity index is 848. The molecule has 1 aliphatic heterocycles. The van der Waals surface area contributed by atoms with Gasteiger partial charge in [-0.2, -0.15) is 5.10 Å². The Morgan fingerprint density at radius 1 is 0.889 bits per heavy atom. The Morgan fingerprint density at radius 3 is 2.22 bits per heavy atom. The number of benzene rings is 2. The molecule has 0 radical (unpaired) electrons. The van der Waals surface area contributed by atoms with Crippen molar-refractivity contribution < 1.29 is 18.9 Å². The van der Waals surface area contributed by atoms with Gasteiger partial charge in [-0.25, -0.2) is 0 Å². The van der Waals surface area contributed by atoms with Crippen molar-refractivity contribution in [1.82, 2.24) is 5.01 Å². The van der Waals surface area contributed by atoms with Crippen LogP contribution in [0.5, 0.6) is 23.0 Å². The quantitative estimate of drug-likeness (QED) is 0.736. The Kier molecular flexibility index (Phi) is 5.86. The Hall–Kier alpha value is -3.15. The predicted octanol–water partition coefficient (Wildman–Crippen LogP) is 4.12. The molecule has 1 aliphatic rings. The third-order valence-corrected chi connectivity index (χ3v) is 4.50. The summed E-state index contributed by atoms with van der Waals surface area (Å²) < 4.78 is 21.7. The van der Waals surface area contributed by atoms with Gasteiger partial charge in [0.05, 0.1) is 34.5 Å². The predicted molar refractivity (Wildman–Crippen MR) is 106 cm³/mol. The van der Waals surface area contributed by atoms with E-state index in [-0.39, 0.29) is 6.04 Å². The van der Waals surface area contributed by atoms with E-state index in [0.29, 0.717) is 0 Å². The van der Waals surface area contributed by atoms with Gasteiger partial charge in [-0.1, -0.05) is 0 Å². The molecule has 1 atom stereocenters. The molecule has 0 aromatic heterocycles. The van der Waals surface area contributed by atoms with Gasteiger partial charge in [-0.15, -0.1) is 0 Å². The maximum absolute atomic E-state index is 5.54. The molecule has 0 spiro atoms. The molecule has 27 heavy (non-hydrogen) atoms. The number of hydrazone groups is 1. The van der Waals surface area contributed by atoms with E-state index in [1.165, 1.54) is 0 Å². The zero-order valence-electron chi connectivity index (χ0n) is 16.0. The van der Waals surface area contributed by atoms with Crippen molar-refractivity contribution >= 4 is 12.3 Å². The minimum atomic E-state index is 0.0305. The topological polar surface area (TPSA) is 52.5 Å². The zero-order chi connectivity index (χ0) is 19.2. The van der Waals surface area contributed by atoms with Gasteiger partial charge in [0, 0.05) is 30.0 Å². The van der Waals surface area contributed by atoms with Crippen molar-refractivity contribution in [2.24, 2.45) is 5.10 Å². The molecular formula is C21H24N2O4. The van der Waals surface area contributed by atoms with E-state index in [9.17, 15) is 0 Å². The van der Waals surface area contributed by atoms with Crippen LogP contribution >= 0.6 is 0 Å². The van der Waals surface area contributed by atoms with Crippen LogP contribution in [0.2, 0.25) is 0 Å². The lowest BCUT2D eigenvalue weighted by Crippen LogP contribution is -2.14. The van der Waals surface area contributed by atoms with Gasteiger partial charge in [0.25, 0.3) is 0 Å². The van der Waals surface area contributed by atoms with Gasteiger partial charge < -0.3 is 18.9 Å². The minimum absolute atomic E-state index is 0.0305. The van der Waals surface area contributed by atoms with Crippen molar-refractivity contribution in [2.45, 2.75) is 12.5 Å². The Labute approximate surface area is 159 Å². The SMILES string of the molecule is COc1ccc(OC)c(C=CN2N=CCC2c2cc(OC)ccc2OC)c1. The highest BCUT2D eigenvalue weighted by atomic mass is 16.5. The molecule has 0 bridgehead atoms. The van der Waals surface area contributed by atoms with Gasteiger partial charge in [0.2, 0.25) is 0 Å². The van der Waals surface area contributed by atoms with Crippen LogP contribution in [0.1, 0.15) is 23.6 Å². The second-order valence-electron chi connectivity index (χ2n) is 5.96. The van der Waals surface area contributed by atoms with Crippen LogP contribution in [0, 0.1) is 0 Å². The summed E-state index contributed by atoms with van der Waals surface area (Å²) in [6.07, 6.45) is 6.58. The van der Waals surface area contributed by atoms with Crippen LogP contribution < -0.4 is 18.9 Å². The van der Waals surface area contributed by atoms with Crippen molar-refractivity contribution in [3.63, 3.8) is 0 Å². The van der Waals surface area contributed by atoms with Crippen LogP contribution in [0.15, 0.2) is 47.7 Å². The smallest absolute Gasteiger partial charge is 0.126 e. The molecule has 0 aliphatic carbocycles. The summed E-state index contributed by atoms with van der Waals surface area (Å²) in [4.78, 5) is 0. The standard InChI is InChI=1S/C21H24N2O4/c1-24-16-5-7-20(26-3)15(13-16)10-12-23-19(9-11-22-23)18-14-17(25-2)6-8-21(18)27-4/h5-8,10-14,19H,9H2,1-4H3. The summed E-state index contributed by atoms with van der Waals surface area (Å²) in [5.41, 5.74) is 1.94. The monoisotopic (exact) mass is 368 g/mol. The number of hydrogen-bond acceptors (Lipinski definition) is 6. The average Bonchev–Trinajstić information content (AvgIpc) is 3.19. The van der Waals surface area contributed by atoms with Crippen molar-refractivity contribution in [3.05, 3.63) is 53.7 Å². The lowest BCUT2D eigenvalue weighted by molar-refractivity contribution is 0.314. The van der Waals surface area contributed by atoms with Crippen LogP contribution in [0.4, 0.5) is 0 Å². The molecule has 3 rings (SSSR count). The van der Waals surface area contributed by atoms with Crippen molar-refractivity contribution in [1.29, 1.82) is 0 Å². The van der Waals surface area contributed by atoms with E-state index in [2.05, 4.69) is 5.10 Å². The molecule has 1 heterocycles. The molecular weight excluding hydrogens is 344 g/mol. The minimum Gasteiger partial charge on any atom is -0.497 e. The van der Waals surface area contributed by atoms with Crippen LogP contribution in [0.3, 0.4) is 0 Å². The van der Waals surface area contributed by atoms with E-state index in [0.717, 1.165) is 40.5 Å². The molecule has 0 N–H and O–H groups in total. The van der Waals surface area contributed by atoms with Gasteiger partial charge in [-0.05, 0) is 42.5 Å². The average molecular weight is 368 g/mol. The Balaban J connectivity index is 1.90. The lowest BCUT2D eigenvalue weighted by atomic mass is 10.0. The van der Waals surface area contributed by atoms with Crippen LogP contribution in [-0.2, 0) is 0 Å². The van der Waals surface area contributed by atoms with E-state index in [4.69, 9.17) is 18.9 Å².